The second-order valence-corrected chi connectivity index (χ2v) is 7.45. The topological polar surface area (TPSA) is 0 Å². The molecule has 19 heavy (non-hydrogen) atoms. The van der Waals surface area contributed by atoms with E-state index in [4.69, 9.17) is 12.2 Å². The summed E-state index contributed by atoms with van der Waals surface area (Å²) in [5.41, 5.74) is 0. The Labute approximate surface area is 131 Å². The molecule has 0 fully saturated rings. The lowest BCUT2D eigenvalue weighted by atomic mass is 10.1. The van der Waals surface area contributed by atoms with Crippen LogP contribution in [0.25, 0.3) is 0 Å². The maximum Gasteiger partial charge on any atom is 0.0478 e. The molecule has 0 spiro atoms. The average molecular weight is 303 g/mol. The summed E-state index contributed by atoms with van der Waals surface area (Å²) in [6, 6.07) is 0. The van der Waals surface area contributed by atoms with Crippen molar-refractivity contribution in [3.63, 3.8) is 0 Å². The number of thiocarbonyl (C=S) groups is 1. The molecule has 0 saturated carbocycles. The first-order chi connectivity index (χ1) is 9.31. The van der Waals surface area contributed by atoms with E-state index in [0.717, 1.165) is 0 Å². The Balaban J connectivity index is 3.13. The maximum atomic E-state index is 5.44. The minimum Gasteiger partial charge on any atom is -0.119 e. The monoisotopic (exact) mass is 302 g/mol. The van der Waals surface area contributed by atoms with E-state index < -0.39 is 0 Å². The second kappa shape index (κ2) is 16.5. The van der Waals surface area contributed by atoms with E-state index in [1.165, 1.54) is 93.4 Å². The van der Waals surface area contributed by atoms with Crippen LogP contribution in [-0.2, 0) is 0 Å². The second-order valence-electron chi connectivity index (χ2n) is 5.51. The molecule has 0 aliphatic carbocycles. The van der Waals surface area contributed by atoms with Crippen LogP contribution in [0.15, 0.2) is 0 Å². The van der Waals surface area contributed by atoms with E-state index >= 15 is 0 Å². The van der Waals surface area contributed by atoms with Gasteiger partial charge in [-0.25, -0.2) is 0 Å². The Morgan fingerprint density at radius 3 is 1.74 bits per heavy atom. The summed E-state index contributed by atoms with van der Waals surface area (Å²) < 4.78 is 1.25. The van der Waals surface area contributed by atoms with Gasteiger partial charge in [0.2, 0.25) is 0 Å². The quantitative estimate of drug-likeness (QED) is 0.247. The predicted molar refractivity (Wildman–Crippen MR) is 96.4 cm³/mol. The van der Waals surface area contributed by atoms with Crippen LogP contribution in [-0.4, -0.2) is 9.95 Å². The van der Waals surface area contributed by atoms with Gasteiger partial charge in [-0.05, 0) is 25.0 Å². The molecular weight excluding hydrogens is 268 g/mol. The molecule has 0 radical (unpaired) electrons. The van der Waals surface area contributed by atoms with Crippen molar-refractivity contribution in [3.05, 3.63) is 0 Å². The van der Waals surface area contributed by atoms with Crippen molar-refractivity contribution in [2.45, 2.75) is 97.3 Å². The third-order valence-corrected chi connectivity index (χ3v) is 5.07. The zero-order valence-electron chi connectivity index (χ0n) is 13.2. The van der Waals surface area contributed by atoms with Gasteiger partial charge in [0.1, 0.15) is 0 Å². The summed E-state index contributed by atoms with van der Waals surface area (Å²) in [6.07, 6.45) is 17.7. The van der Waals surface area contributed by atoms with Crippen LogP contribution in [0.5, 0.6) is 0 Å². The number of rotatable bonds is 14. The first-order valence-electron chi connectivity index (χ1n) is 8.46. The highest BCUT2D eigenvalue weighted by Gasteiger charge is 1.98. The van der Waals surface area contributed by atoms with Gasteiger partial charge in [0.05, 0.1) is 0 Å². The van der Waals surface area contributed by atoms with Gasteiger partial charge in [0, 0.05) is 4.20 Å². The molecule has 0 heterocycles. The van der Waals surface area contributed by atoms with Crippen LogP contribution < -0.4 is 0 Å². The van der Waals surface area contributed by atoms with E-state index in [1.807, 2.05) is 11.8 Å². The Bertz CT molecular complexity index is 190. The van der Waals surface area contributed by atoms with Crippen molar-refractivity contribution in [2.75, 3.05) is 5.75 Å². The van der Waals surface area contributed by atoms with Gasteiger partial charge < -0.3 is 0 Å². The Kier molecular flexibility index (Phi) is 16.9. The normalized spacial score (nSPS) is 10.8. The molecule has 0 atom stereocenters. The molecule has 0 bridgehead atoms. The fourth-order valence-corrected chi connectivity index (χ4v) is 3.45. The van der Waals surface area contributed by atoms with Crippen LogP contribution in [0.3, 0.4) is 0 Å². The molecule has 0 aromatic heterocycles. The molecule has 0 aromatic carbocycles. The lowest BCUT2D eigenvalue weighted by molar-refractivity contribution is 0.617. The molecule has 0 rings (SSSR count). The van der Waals surface area contributed by atoms with Crippen molar-refractivity contribution >= 4 is 28.2 Å². The van der Waals surface area contributed by atoms with Gasteiger partial charge in [-0.2, -0.15) is 0 Å². The third kappa shape index (κ3) is 16.4. The fourth-order valence-electron chi connectivity index (χ4n) is 2.19. The van der Waals surface area contributed by atoms with Gasteiger partial charge in [-0.3, -0.25) is 0 Å². The molecule has 0 aromatic rings. The van der Waals surface area contributed by atoms with Crippen molar-refractivity contribution in [1.82, 2.24) is 0 Å². The van der Waals surface area contributed by atoms with Crippen LogP contribution in [0.4, 0.5) is 0 Å². The van der Waals surface area contributed by atoms with Gasteiger partial charge in [0.15, 0.2) is 0 Å². The highest BCUT2D eigenvalue weighted by atomic mass is 32.2. The highest BCUT2D eigenvalue weighted by molar-refractivity contribution is 8.23. The van der Waals surface area contributed by atoms with E-state index in [9.17, 15) is 0 Å². The standard InChI is InChI=1S/C17H34S2/c1-3-5-7-9-11-13-15-17(18)19-16-14-12-10-8-6-4-2/h3-16H2,1-2H3. The number of hydrogen-bond acceptors (Lipinski definition) is 2. The predicted octanol–water partition coefficient (Wildman–Crippen LogP) is 7.16. The van der Waals surface area contributed by atoms with Gasteiger partial charge in [-0.1, -0.05) is 90.3 Å². The van der Waals surface area contributed by atoms with E-state index in [2.05, 4.69) is 13.8 Å². The molecular formula is C17H34S2. The fraction of sp³-hybridized carbons (Fsp3) is 0.941. The molecule has 2 heteroatoms. The number of unbranched alkanes of at least 4 members (excludes halogenated alkanes) is 10. The van der Waals surface area contributed by atoms with E-state index in [1.54, 1.807) is 0 Å². The first-order valence-corrected chi connectivity index (χ1v) is 9.86. The van der Waals surface area contributed by atoms with Gasteiger partial charge in [0.25, 0.3) is 0 Å². The molecule has 0 unspecified atom stereocenters. The number of hydrogen-bond donors (Lipinski definition) is 0. The summed E-state index contributed by atoms with van der Waals surface area (Å²) >= 11 is 7.38. The summed E-state index contributed by atoms with van der Waals surface area (Å²) in [6.45, 7) is 4.55. The Morgan fingerprint density at radius 1 is 0.684 bits per heavy atom. The minimum absolute atomic E-state index is 1.17. The lowest BCUT2D eigenvalue weighted by Crippen LogP contribution is -1.92. The zero-order chi connectivity index (χ0) is 14.2. The van der Waals surface area contributed by atoms with Crippen molar-refractivity contribution in [1.29, 1.82) is 0 Å². The Morgan fingerprint density at radius 2 is 1.16 bits per heavy atom. The molecule has 0 saturated heterocycles. The average Bonchev–Trinajstić information content (AvgIpc) is 2.41. The molecule has 0 N–H and O–H groups in total. The molecule has 0 amide bonds. The van der Waals surface area contributed by atoms with Crippen molar-refractivity contribution in [3.8, 4) is 0 Å². The molecule has 0 nitrogen and oxygen atoms in total. The third-order valence-electron chi connectivity index (χ3n) is 3.50. The van der Waals surface area contributed by atoms with Crippen molar-refractivity contribution in [2.24, 2.45) is 0 Å². The minimum atomic E-state index is 1.17. The first kappa shape index (κ1) is 19.4. The summed E-state index contributed by atoms with van der Waals surface area (Å²) in [7, 11) is 0. The molecule has 0 aliphatic rings. The lowest BCUT2D eigenvalue weighted by Gasteiger charge is -2.04. The highest BCUT2D eigenvalue weighted by Crippen LogP contribution is 2.16. The SMILES string of the molecule is CCCCCCCCSC(=S)CCCCCCCC. The largest absolute Gasteiger partial charge is 0.119 e. The zero-order valence-corrected chi connectivity index (χ0v) is 14.8. The molecule has 114 valence electrons. The molecule has 0 aliphatic heterocycles. The van der Waals surface area contributed by atoms with E-state index in [-0.39, 0.29) is 0 Å². The summed E-state index contributed by atoms with van der Waals surface area (Å²) in [4.78, 5) is 0. The maximum absolute atomic E-state index is 5.44. The Hall–Kier alpha value is 0.440. The number of thioether (sulfide) groups is 1. The van der Waals surface area contributed by atoms with E-state index in [0.29, 0.717) is 0 Å². The van der Waals surface area contributed by atoms with Crippen molar-refractivity contribution < 1.29 is 0 Å². The van der Waals surface area contributed by atoms with Crippen LogP contribution in [0.1, 0.15) is 97.3 Å². The van der Waals surface area contributed by atoms with Crippen LogP contribution in [0.2, 0.25) is 0 Å². The van der Waals surface area contributed by atoms with Gasteiger partial charge >= 0.3 is 0 Å². The summed E-state index contributed by atoms with van der Waals surface area (Å²) in [5.74, 6) is 1.25. The van der Waals surface area contributed by atoms with Gasteiger partial charge in [-0.15, -0.1) is 11.8 Å². The van der Waals surface area contributed by atoms with Crippen LogP contribution in [0, 0.1) is 0 Å². The van der Waals surface area contributed by atoms with Crippen LogP contribution >= 0.6 is 24.0 Å². The summed E-state index contributed by atoms with van der Waals surface area (Å²) in [5, 5.41) is 0. The smallest absolute Gasteiger partial charge is 0.0478 e.